The molecule has 0 unspecified atom stereocenters. The molecule has 4 heteroatoms. The molecule has 10 heavy (non-hydrogen) atoms. The number of aliphatic hydroxyl groups is 1. The monoisotopic (exact) mass is 146 g/mol. The van der Waals surface area contributed by atoms with Crippen molar-refractivity contribution in [2.45, 2.75) is 20.0 Å². The lowest BCUT2D eigenvalue weighted by molar-refractivity contribution is 0.187. The van der Waals surface area contributed by atoms with Gasteiger partial charge < -0.3 is 15.7 Å². The van der Waals surface area contributed by atoms with Crippen molar-refractivity contribution in [3.63, 3.8) is 0 Å². The number of nitrogens with one attached hydrogen (secondary N) is 2. The van der Waals surface area contributed by atoms with Crippen LogP contribution in [0.4, 0.5) is 4.79 Å². The van der Waals surface area contributed by atoms with Crippen LogP contribution in [0, 0.1) is 0 Å². The Bertz CT molecular complexity index is 104. The van der Waals surface area contributed by atoms with Crippen LogP contribution in [-0.2, 0) is 0 Å². The first-order chi connectivity index (χ1) is 4.66. The van der Waals surface area contributed by atoms with Crippen molar-refractivity contribution in [1.29, 1.82) is 0 Å². The number of carbonyl (C=O) groups excluding carboxylic acids is 1. The lowest BCUT2D eigenvalue weighted by Crippen LogP contribution is -2.38. The number of hydrogen-bond donors (Lipinski definition) is 3. The van der Waals surface area contributed by atoms with Crippen LogP contribution in [0.25, 0.3) is 0 Å². The SMILES string of the molecule is CCNC(=O)NC[C@H](C)O. The van der Waals surface area contributed by atoms with Crippen LogP contribution in [0.1, 0.15) is 13.8 Å². The number of hydrogen-bond acceptors (Lipinski definition) is 2. The van der Waals surface area contributed by atoms with E-state index in [9.17, 15) is 4.79 Å². The summed E-state index contributed by atoms with van der Waals surface area (Å²) >= 11 is 0. The van der Waals surface area contributed by atoms with Crippen molar-refractivity contribution in [2.75, 3.05) is 13.1 Å². The minimum absolute atomic E-state index is 0.233. The summed E-state index contributed by atoms with van der Waals surface area (Å²) in [4.78, 5) is 10.6. The van der Waals surface area contributed by atoms with Gasteiger partial charge in [0.05, 0.1) is 6.10 Å². The van der Waals surface area contributed by atoms with Gasteiger partial charge in [-0.25, -0.2) is 4.79 Å². The zero-order valence-electron chi connectivity index (χ0n) is 6.35. The summed E-state index contributed by atoms with van der Waals surface area (Å²) in [6.45, 7) is 4.35. The molecule has 0 aliphatic carbocycles. The molecule has 0 aromatic heterocycles. The summed E-state index contributed by atoms with van der Waals surface area (Å²) in [5.74, 6) is 0. The van der Waals surface area contributed by atoms with Crippen LogP contribution >= 0.6 is 0 Å². The van der Waals surface area contributed by atoms with E-state index in [-0.39, 0.29) is 6.03 Å². The molecule has 4 nitrogen and oxygen atoms in total. The fraction of sp³-hybridized carbons (Fsp3) is 0.833. The largest absolute Gasteiger partial charge is 0.392 e. The first kappa shape index (κ1) is 9.23. The molecule has 0 radical (unpaired) electrons. The second-order valence-electron chi connectivity index (χ2n) is 2.09. The van der Waals surface area contributed by atoms with E-state index in [4.69, 9.17) is 5.11 Å². The Kier molecular flexibility index (Phi) is 4.66. The molecule has 1 atom stereocenters. The molecule has 0 aromatic carbocycles. The van der Waals surface area contributed by atoms with Crippen LogP contribution in [0.2, 0.25) is 0 Å². The third kappa shape index (κ3) is 5.37. The van der Waals surface area contributed by atoms with Gasteiger partial charge in [-0.3, -0.25) is 0 Å². The van der Waals surface area contributed by atoms with E-state index in [0.717, 1.165) is 0 Å². The standard InChI is InChI=1S/C6H14N2O2/c1-3-7-6(10)8-4-5(2)9/h5,9H,3-4H2,1-2H3,(H2,7,8,10)/t5-/m0/s1. The van der Waals surface area contributed by atoms with Gasteiger partial charge in [0.1, 0.15) is 0 Å². The first-order valence-corrected chi connectivity index (χ1v) is 3.36. The number of carbonyl (C=O) groups is 1. The second-order valence-corrected chi connectivity index (χ2v) is 2.09. The Balaban J connectivity index is 3.22. The highest BCUT2D eigenvalue weighted by molar-refractivity contribution is 5.73. The zero-order valence-corrected chi connectivity index (χ0v) is 6.35. The van der Waals surface area contributed by atoms with Crippen molar-refractivity contribution < 1.29 is 9.90 Å². The van der Waals surface area contributed by atoms with Gasteiger partial charge in [0.15, 0.2) is 0 Å². The van der Waals surface area contributed by atoms with Crippen molar-refractivity contribution in [1.82, 2.24) is 10.6 Å². The molecule has 0 heterocycles. The Morgan fingerprint density at radius 3 is 2.60 bits per heavy atom. The highest BCUT2D eigenvalue weighted by Crippen LogP contribution is 1.73. The molecule has 0 fully saturated rings. The van der Waals surface area contributed by atoms with Crippen molar-refractivity contribution >= 4 is 6.03 Å². The smallest absolute Gasteiger partial charge is 0.314 e. The van der Waals surface area contributed by atoms with Crippen LogP contribution in [0.3, 0.4) is 0 Å². The Morgan fingerprint density at radius 1 is 1.60 bits per heavy atom. The van der Waals surface area contributed by atoms with Crippen molar-refractivity contribution in [2.24, 2.45) is 0 Å². The van der Waals surface area contributed by atoms with E-state index >= 15 is 0 Å². The zero-order chi connectivity index (χ0) is 7.98. The van der Waals surface area contributed by atoms with Crippen molar-refractivity contribution in [3.05, 3.63) is 0 Å². The molecule has 0 aliphatic rings. The minimum atomic E-state index is -0.484. The van der Waals surface area contributed by atoms with Crippen molar-refractivity contribution in [3.8, 4) is 0 Å². The number of amides is 2. The molecule has 2 amide bonds. The Hall–Kier alpha value is -0.770. The predicted octanol–water partition coefficient (Wildman–Crippen LogP) is -0.314. The van der Waals surface area contributed by atoms with E-state index < -0.39 is 6.10 Å². The quantitative estimate of drug-likeness (QED) is 0.511. The molecular formula is C6H14N2O2. The van der Waals surface area contributed by atoms with E-state index in [0.29, 0.717) is 13.1 Å². The third-order valence-electron chi connectivity index (χ3n) is 0.895. The van der Waals surface area contributed by atoms with Gasteiger partial charge in [-0.1, -0.05) is 0 Å². The summed E-state index contributed by atoms with van der Waals surface area (Å²) in [5.41, 5.74) is 0. The van der Waals surface area contributed by atoms with E-state index in [2.05, 4.69) is 10.6 Å². The van der Waals surface area contributed by atoms with Gasteiger partial charge in [-0.2, -0.15) is 0 Å². The average molecular weight is 146 g/mol. The number of urea groups is 1. The minimum Gasteiger partial charge on any atom is -0.392 e. The van der Waals surface area contributed by atoms with E-state index in [1.165, 1.54) is 0 Å². The molecule has 60 valence electrons. The average Bonchev–Trinajstić information content (AvgIpc) is 1.85. The van der Waals surface area contributed by atoms with Gasteiger partial charge in [-0.15, -0.1) is 0 Å². The van der Waals surface area contributed by atoms with Crippen LogP contribution in [-0.4, -0.2) is 30.3 Å². The number of aliphatic hydroxyl groups excluding tert-OH is 1. The molecular weight excluding hydrogens is 132 g/mol. The molecule has 0 saturated heterocycles. The highest BCUT2D eigenvalue weighted by atomic mass is 16.3. The molecule has 0 aromatic rings. The maximum atomic E-state index is 10.6. The molecule has 0 rings (SSSR count). The normalized spacial score (nSPS) is 12.3. The van der Waals surface area contributed by atoms with Gasteiger partial charge in [0.25, 0.3) is 0 Å². The Morgan fingerprint density at radius 2 is 2.20 bits per heavy atom. The summed E-state index contributed by atoms with van der Waals surface area (Å²) in [6.07, 6.45) is -0.484. The maximum absolute atomic E-state index is 10.6. The lowest BCUT2D eigenvalue weighted by atomic mass is 10.4. The summed E-state index contributed by atoms with van der Waals surface area (Å²) in [7, 11) is 0. The van der Waals surface area contributed by atoms with E-state index in [1.54, 1.807) is 6.92 Å². The maximum Gasteiger partial charge on any atom is 0.314 e. The second kappa shape index (κ2) is 5.05. The van der Waals surface area contributed by atoms with Crippen LogP contribution < -0.4 is 10.6 Å². The molecule has 0 saturated carbocycles. The summed E-state index contributed by atoms with van der Waals surface area (Å²) in [6, 6.07) is -0.233. The Labute approximate surface area is 60.6 Å². The fourth-order valence-corrected chi connectivity index (χ4v) is 0.463. The van der Waals surface area contributed by atoms with E-state index in [1.807, 2.05) is 6.92 Å². The fourth-order valence-electron chi connectivity index (χ4n) is 0.463. The molecule has 0 bridgehead atoms. The highest BCUT2D eigenvalue weighted by Gasteiger charge is 1.98. The third-order valence-corrected chi connectivity index (χ3v) is 0.895. The number of rotatable bonds is 3. The van der Waals surface area contributed by atoms with Crippen LogP contribution in [0.5, 0.6) is 0 Å². The topological polar surface area (TPSA) is 61.4 Å². The first-order valence-electron chi connectivity index (χ1n) is 3.36. The van der Waals surface area contributed by atoms with Gasteiger partial charge >= 0.3 is 6.03 Å². The molecule has 3 N–H and O–H groups in total. The van der Waals surface area contributed by atoms with Gasteiger partial charge in [-0.05, 0) is 13.8 Å². The molecule has 0 aliphatic heterocycles. The summed E-state index contributed by atoms with van der Waals surface area (Å²) < 4.78 is 0. The van der Waals surface area contributed by atoms with Gasteiger partial charge in [0.2, 0.25) is 0 Å². The van der Waals surface area contributed by atoms with Gasteiger partial charge in [0, 0.05) is 13.1 Å². The molecule has 0 spiro atoms. The summed E-state index contributed by atoms with van der Waals surface area (Å²) in [5, 5.41) is 13.7. The predicted molar refractivity (Wildman–Crippen MR) is 38.8 cm³/mol. The van der Waals surface area contributed by atoms with Crippen LogP contribution in [0.15, 0.2) is 0 Å². The lowest BCUT2D eigenvalue weighted by Gasteiger charge is -2.06.